The first-order valence-electron chi connectivity index (χ1n) is 3.86. The van der Waals surface area contributed by atoms with Crippen LogP contribution in [0.2, 0.25) is 0 Å². The Hall–Kier alpha value is -0.0800. The summed E-state index contributed by atoms with van der Waals surface area (Å²) >= 11 is 0. The second-order valence-electron chi connectivity index (χ2n) is 3.46. The van der Waals surface area contributed by atoms with E-state index in [9.17, 15) is 5.21 Å². The fourth-order valence-electron chi connectivity index (χ4n) is 2.02. The van der Waals surface area contributed by atoms with Gasteiger partial charge in [0.25, 0.3) is 0 Å². The van der Waals surface area contributed by atoms with Crippen molar-refractivity contribution in [1.29, 1.82) is 0 Å². The zero-order valence-electron chi connectivity index (χ0n) is 5.68. The average Bonchev–Trinajstić information content (AvgIpc) is 1.90. The van der Waals surface area contributed by atoms with E-state index in [0.29, 0.717) is 0 Å². The largest absolute Gasteiger partial charge is 0.633 e. The highest BCUT2D eigenvalue weighted by Gasteiger charge is 2.33. The summed E-state index contributed by atoms with van der Waals surface area (Å²) in [5, 5.41) is 11.5. The maximum absolute atomic E-state index is 11.5. The van der Waals surface area contributed by atoms with Gasteiger partial charge in [-0.25, -0.2) is 0 Å². The summed E-state index contributed by atoms with van der Waals surface area (Å²) in [5.41, 5.74) is 0. The van der Waals surface area contributed by atoms with Gasteiger partial charge in [-0.2, -0.15) is 0 Å². The Morgan fingerprint density at radius 1 is 1.00 bits per heavy atom. The summed E-state index contributed by atoms with van der Waals surface area (Å²) in [7, 11) is 0. The highest BCUT2D eigenvalue weighted by molar-refractivity contribution is 4.71. The molecule has 0 radical (unpaired) electrons. The zero-order valence-corrected chi connectivity index (χ0v) is 5.68. The molecule has 0 aliphatic carbocycles. The molecule has 0 amide bonds. The third-order valence-electron chi connectivity index (χ3n) is 2.83. The van der Waals surface area contributed by atoms with Gasteiger partial charge < -0.3 is 9.85 Å². The van der Waals surface area contributed by atoms with Crippen molar-refractivity contribution >= 4 is 0 Å². The van der Waals surface area contributed by atoms with E-state index in [-0.39, 0.29) is 4.65 Å². The summed E-state index contributed by atoms with van der Waals surface area (Å²) < 4.78 is 0.135. The van der Waals surface area contributed by atoms with Gasteiger partial charge in [0, 0.05) is 19.3 Å². The Morgan fingerprint density at radius 3 is 1.67 bits per heavy atom. The van der Waals surface area contributed by atoms with Crippen LogP contribution in [-0.4, -0.2) is 24.3 Å². The van der Waals surface area contributed by atoms with Crippen molar-refractivity contribution in [2.75, 3.05) is 19.6 Å². The second kappa shape index (κ2) is 1.70. The average molecular weight is 127 g/mol. The Morgan fingerprint density at radius 2 is 1.44 bits per heavy atom. The second-order valence-corrected chi connectivity index (χ2v) is 3.46. The molecular formula is C7H13NO. The Kier molecular flexibility index (Phi) is 1.08. The van der Waals surface area contributed by atoms with Gasteiger partial charge in [0.05, 0.1) is 19.6 Å². The van der Waals surface area contributed by atoms with Gasteiger partial charge in [0.1, 0.15) is 0 Å². The highest BCUT2D eigenvalue weighted by atomic mass is 16.5. The molecule has 0 aromatic carbocycles. The molecule has 0 saturated carbocycles. The Bertz CT molecular complexity index is 102. The maximum Gasteiger partial charge on any atom is 0.0786 e. The lowest BCUT2D eigenvalue weighted by Crippen LogP contribution is -2.53. The third kappa shape index (κ3) is 0.864. The minimum Gasteiger partial charge on any atom is -0.633 e. The predicted octanol–water partition coefficient (Wildman–Crippen LogP) is 1.11. The molecule has 2 heteroatoms. The molecule has 0 atom stereocenters. The molecular weight excluding hydrogens is 114 g/mol. The molecule has 9 heavy (non-hydrogen) atoms. The van der Waals surface area contributed by atoms with Crippen molar-refractivity contribution in [1.82, 2.24) is 0 Å². The molecule has 2 nitrogen and oxygen atoms in total. The van der Waals surface area contributed by atoms with E-state index in [2.05, 4.69) is 0 Å². The van der Waals surface area contributed by atoms with Gasteiger partial charge >= 0.3 is 0 Å². The number of hydroxylamine groups is 3. The van der Waals surface area contributed by atoms with Crippen LogP contribution >= 0.6 is 0 Å². The first kappa shape index (κ1) is 5.69. The predicted molar refractivity (Wildman–Crippen MR) is 35.6 cm³/mol. The summed E-state index contributed by atoms with van der Waals surface area (Å²) in [6, 6.07) is 0. The molecule has 3 aliphatic rings. The zero-order chi connectivity index (χ0) is 6.32. The van der Waals surface area contributed by atoms with Crippen LogP contribution in [0.5, 0.6) is 0 Å². The van der Waals surface area contributed by atoms with Crippen LogP contribution in [0.15, 0.2) is 0 Å². The lowest BCUT2D eigenvalue weighted by molar-refractivity contribution is -0.896. The number of fused-ring (bicyclic) bond motifs is 3. The molecule has 0 aromatic heterocycles. The van der Waals surface area contributed by atoms with Crippen LogP contribution in [0.25, 0.3) is 0 Å². The van der Waals surface area contributed by atoms with E-state index in [0.717, 1.165) is 25.6 Å². The Labute approximate surface area is 55.6 Å². The van der Waals surface area contributed by atoms with Crippen molar-refractivity contribution in [2.24, 2.45) is 5.92 Å². The van der Waals surface area contributed by atoms with E-state index < -0.39 is 0 Å². The first-order chi connectivity index (χ1) is 4.29. The Balaban J connectivity index is 2.11. The molecule has 0 N–H and O–H groups in total. The SMILES string of the molecule is [O-][N+]12CCC(CC1)CC2. The van der Waals surface area contributed by atoms with E-state index >= 15 is 0 Å². The molecule has 3 rings (SSSR count). The van der Waals surface area contributed by atoms with Gasteiger partial charge in [0.15, 0.2) is 0 Å². The number of rotatable bonds is 0. The van der Waals surface area contributed by atoms with Crippen LogP contribution in [0.3, 0.4) is 0 Å². The smallest absolute Gasteiger partial charge is 0.0786 e. The lowest BCUT2D eigenvalue weighted by Gasteiger charge is -2.52. The molecule has 0 unspecified atom stereocenters. The molecule has 2 bridgehead atoms. The quantitative estimate of drug-likeness (QED) is 0.353. The normalized spacial score (nSPS) is 49.7. The van der Waals surface area contributed by atoms with E-state index in [1.54, 1.807) is 0 Å². The minimum atomic E-state index is 0.135. The molecule has 3 aliphatic heterocycles. The number of quaternary nitrogens is 1. The van der Waals surface area contributed by atoms with Crippen LogP contribution in [-0.2, 0) is 0 Å². The molecule has 3 fully saturated rings. The van der Waals surface area contributed by atoms with Gasteiger partial charge in [-0.15, -0.1) is 0 Å². The van der Waals surface area contributed by atoms with Gasteiger partial charge in [-0.05, 0) is 5.92 Å². The van der Waals surface area contributed by atoms with Crippen LogP contribution < -0.4 is 0 Å². The van der Waals surface area contributed by atoms with Crippen LogP contribution in [0, 0.1) is 11.1 Å². The van der Waals surface area contributed by atoms with Crippen molar-refractivity contribution in [3.8, 4) is 0 Å². The number of piperidine rings is 3. The summed E-state index contributed by atoms with van der Waals surface area (Å²) in [6.07, 6.45) is 3.59. The summed E-state index contributed by atoms with van der Waals surface area (Å²) in [6.45, 7) is 2.72. The summed E-state index contributed by atoms with van der Waals surface area (Å²) in [5.74, 6) is 0.916. The lowest BCUT2D eigenvalue weighted by atomic mass is 9.88. The fourth-order valence-corrected chi connectivity index (χ4v) is 2.02. The van der Waals surface area contributed by atoms with Crippen molar-refractivity contribution in [2.45, 2.75) is 19.3 Å². The monoisotopic (exact) mass is 127 g/mol. The molecule has 52 valence electrons. The van der Waals surface area contributed by atoms with E-state index in [1.807, 2.05) is 0 Å². The number of nitrogens with zero attached hydrogens (tertiary/aromatic N) is 1. The molecule has 3 heterocycles. The standard InChI is InChI=1S/C7H13NO/c9-8-4-1-7(2-5-8)3-6-8/h7H,1-6H2. The minimum absolute atomic E-state index is 0.135. The van der Waals surface area contributed by atoms with E-state index in [4.69, 9.17) is 0 Å². The van der Waals surface area contributed by atoms with Crippen molar-refractivity contribution in [3.63, 3.8) is 0 Å². The highest BCUT2D eigenvalue weighted by Crippen LogP contribution is 2.31. The molecule has 3 saturated heterocycles. The van der Waals surface area contributed by atoms with Crippen molar-refractivity contribution in [3.05, 3.63) is 5.21 Å². The van der Waals surface area contributed by atoms with Crippen LogP contribution in [0.1, 0.15) is 19.3 Å². The first-order valence-corrected chi connectivity index (χ1v) is 3.86. The maximum atomic E-state index is 11.5. The molecule has 0 aromatic rings. The van der Waals surface area contributed by atoms with Crippen molar-refractivity contribution < 1.29 is 4.65 Å². The number of hydrogen-bond acceptors (Lipinski definition) is 1. The molecule has 0 spiro atoms. The van der Waals surface area contributed by atoms with Gasteiger partial charge in [-0.3, -0.25) is 0 Å². The van der Waals surface area contributed by atoms with Gasteiger partial charge in [0.2, 0.25) is 0 Å². The summed E-state index contributed by atoms with van der Waals surface area (Å²) in [4.78, 5) is 0. The third-order valence-corrected chi connectivity index (χ3v) is 2.83. The van der Waals surface area contributed by atoms with E-state index in [1.165, 1.54) is 19.3 Å². The van der Waals surface area contributed by atoms with Gasteiger partial charge in [-0.1, -0.05) is 0 Å². The number of hydrogen-bond donors (Lipinski definition) is 0. The fraction of sp³-hybridized carbons (Fsp3) is 1.00. The van der Waals surface area contributed by atoms with Crippen LogP contribution in [0.4, 0.5) is 0 Å². The topological polar surface area (TPSA) is 23.1 Å².